The second-order valence-corrected chi connectivity index (χ2v) is 5.67. The average Bonchev–Trinajstić information content (AvgIpc) is 2.88. The zero-order chi connectivity index (χ0) is 15.0. The molecule has 21 heavy (non-hydrogen) atoms. The fraction of sp³-hybridized carbons (Fsp3) is 0.375. The lowest BCUT2D eigenvalue weighted by molar-refractivity contribution is 0.0827. The van der Waals surface area contributed by atoms with E-state index in [-0.39, 0.29) is 11.8 Å². The summed E-state index contributed by atoms with van der Waals surface area (Å²) >= 11 is 0. The molecule has 0 saturated carbocycles. The van der Waals surface area contributed by atoms with E-state index in [0.29, 0.717) is 11.4 Å². The van der Waals surface area contributed by atoms with Crippen molar-refractivity contribution in [3.05, 3.63) is 46.6 Å². The Morgan fingerprint density at radius 2 is 2.05 bits per heavy atom. The summed E-state index contributed by atoms with van der Waals surface area (Å²) in [7, 11) is 3.50. The Morgan fingerprint density at radius 3 is 2.71 bits per heavy atom. The van der Waals surface area contributed by atoms with Crippen molar-refractivity contribution in [1.82, 2.24) is 10.1 Å². The Hall–Kier alpha value is -2.30. The van der Waals surface area contributed by atoms with Crippen molar-refractivity contribution < 1.29 is 9.32 Å². The second kappa shape index (κ2) is 5.24. The minimum Gasteiger partial charge on any atom is -0.367 e. The fourth-order valence-corrected chi connectivity index (χ4v) is 2.97. The first kappa shape index (κ1) is 13.7. The van der Waals surface area contributed by atoms with Crippen LogP contribution in [0.3, 0.4) is 0 Å². The van der Waals surface area contributed by atoms with Crippen LogP contribution in [0.15, 0.2) is 28.8 Å². The van der Waals surface area contributed by atoms with E-state index in [1.165, 1.54) is 0 Å². The average molecular weight is 285 g/mol. The molecule has 5 nitrogen and oxygen atoms in total. The van der Waals surface area contributed by atoms with Crippen molar-refractivity contribution in [1.29, 1.82) is 0 Å². The van der Waals surface area contributed by atoms with Gasteiger partial charge in [0, 0.05) is 31.1 Å². The first-order valence-electron chi connectivity index (χ1n) is 7.13. The van der Waals surface area contributed by atoms with E-state index in [0.717, 1.165) is 36.1 Å². The lowest BCUT2D eigenvalue weighted by atomic mass is 9.81. The van der Waals surface area contributed by atoms with Gasteiger partial charge in [0.2, 0.25) is 5.88 Å². The molecule has 0 fully saturated rings. The number of carbonyl (C=O) groups excluding carboxylic acids is 1. The first-order valence-corrected chi connectivity index (χ1v) is 7.13. The molecule has 1 unspecified atom stereocenters. The highest BCUT2D eigenvalue weighted by Crippen LogP contribution is 2.39. The van der Waals surface area contributed by atoms with Crippen molar-refractivity contribution in [2.45, 2.75) is 25.2 Å². The predicted octanol–water partition coefficient (Wildman–Crippen LogP) is 2.43. The van der Waals surface area contributed by atoms with E-state index < -0.39 is 0 Å². The van der Waals surface area contributed by atoms with Crippen molar-refractivity contribution in [3.8, 4) is 0 Å². The van der Waals surface area contributed by atoms with Crippen LogP contribution in [0.5, 0.6) is 0 Å². The highest BCUT2D eigenvalue weighted by Gasteiger charge is 2.28. The zero-order valence-electron chi connectivity index (χ0n) is 12.3. The minimum atomic E-state index is 0.00961. The third kappa shape index (κ3) is 2.39. The summed E-state index contributed by atoms with van der Waals surface area (Å²) in [5, 5.41) is 4.04. The smallest absolute Gasteiger partial charge is 0.253 e. The maximum atomic E-state index is 11.9. The summed E-state index contributed by atoms with van der Waals surface area (Å²) in [6.07, 6.45) is 3.02. The van der Waals surface area contributed by atoms with Crippen molar-refractivity contribution >= 4 is 11.8 Å². The Balaban J connectivity index is 1.92. The van der Waals surface area contributed by atoms with E-state index in [9.17, 15) is 4.79 Å². The summed E-state index contributed by atoms with van der Waals surface area (Å²) < 4.78 is 5.13. The number of aryl methyl sites for hydroxylation is 1. The summed E-state index contributed by atoms with van der Waals surface area (Å²) in [5.41, 5.74) is 9.75. The normalized spacial score (nSPS) is 17.3. The summed E-state index contributed by atoms with van der Waals surface area (Å²) in [6.45, 7) is 0. The third-order valence-electron chi connectivity index (χ3n) is 4.05. The lowest BCUT2D eigenvalue weighted by Gasteiger charge is -2.22. The van der Waals surface area contributed by atoms with Crippen LogP contribution in [0.25, 0.3) is 0 Å². The number of fused-ring (bicyclic) bond motifs is 1. The highest BCUT2D eigenvalue weighted by atomic mass is 16.5. The van der Waals surface area contributed by atoms with Crippen LogP contribution in [0.2, 0.25) is 0 Å². The number of nitrogen functional groups attached to an aromatic ring is 1. The number of hydrogen-bond acceptors (Lipinski definition) is 4. The highest BCUT2D eigenvalue weighted by molar-refractivity contribution is 5.93. The number of anilines is 1. The molecule has 1 aliphatic rings. The molecule has 1 aromatic heterocycles. The van der Waals surface area contributed by atoms with Gasteiger partial charge in [-0.3, -0.25) is 4.79 Å². The maximum Gasteiger partial charge on any atom is 0.253 e. The number of carbonyl (C=O) groups is 1. The van der Waals surface area contributed by atoms with E-state index >= 15 is 0 Å². The Labute approximate surface area is 123 Å². The second-order valence-electron chi connectivity index (χ2n) is 5.67. The number of amides is 1. The molecule has 0 saturated heterocycles. The van der Waals surface area contributed by atoms with Crippen LogP contribution in [0.4, 0.5) is 5.88 Å². The van der Waals surface area contributed by atoms with Gasteiger partial charge in [0.1, 0.15) is 0 Å². The Morgan fingerprint density at radius 1 is 1.33 bits per heavy atom. The van der Waals surface area contributed by atoms with Crippen molar-refractivity contribution in [2.75, 3.05) is 19.8 Å². The van der Waals surface area contributed by atoms with Gasteiger partial charge < -0.3 is 15.2 Å². The number of nitrogens with two attached hydrogens (primary N) is 1. The standard InChI is InChI=1S/C16H19N3O2/c1-19(2)16(20)11-8-6-10(7-9-11)12-4-3-5-13-14(12)15(17)21-18-13/h6-9,12H,3-5,17H2,1-2H3. The number of nitrogens with zero attached hydrogens (tertiary/aromatic N) is 2. The molecular formula is C16H19N3O2. The van der Waals surface area contributed by atoms with E-state index in [4.69, 9.17) is 10.3 Å². The van der Waals surface area contributed by atoms with Gasteiger partial charge in [0.15, 0.2) is 0 Å². The molecule has 0 spiro atoms. The summed E-state index contributed by atoms with van der Waals surface area (Å²) in [6, 6.07) is 7.75. The molecule has 110 valence electrons. The lowest BCUT2D eigenvalue weighted by Crippen LogP contribution is -2.21. The largest absolute Gasteiger partial charge is 0.367 e. The SMILES string of the molecule is CN(C)C(=O)c1ccc(C2CCCc3noc(N)c32)cc1. The van der Waals surface area contributed by atoms with Crippen LogP contribution in [-0.2, 0) is 6.42 Å². The predicted molar refractivity (Wildman–Crippen MR) is 80.2 cm³/mol. The molecule has 3 rings (SSSR count). The van der Waals surface area contributed by atoms with E-state index in [1.807, 2.05) is 24.3 Å². The summed E-state index contributed by atoms with van der Waals surface area (Å²) in [4.78, 5) is 13.5. The van der Waals surface area contributed by atoms with Gasteiger partial charge in [0.25, 0.3) is 5.91 Å². The molecule has 1 amide bonds. The molecule has 1 atom stereocenters. The Bertz CT molecular complexity index is 659. The van der Waals surface area contributed by atoms with Crippen molar-refractivity contribution in [3.63, 3.8) is 0 Å². The number of hydrogen-bond donors (Lipinski definition) is 1. The van der Waals surface area contributed by atoms with Gasteiger partial charge >= 0.3 is 0 Å². The van der Waals surface area contributed by atoms with Crippen molar-refractivity contribution in [2.24, 2.45) is 0 Å². The van der Waals surface area contributed by atoms with Gasteiger partial charge in [-0.1, -0.05) is 17.3 Å². The quantitative estimate of drug-likeness (QED) is 0.919. The number of aromatic nitrogens is 1. The molecule has 0 radical (unpaired) electrons. The molecule has 1 heterocycles. The summed E-state index contributed by atoms with van der Waals surface area (Å²) in [5.74, 6) is 0.641. The molecule has 2 N–H and O–H groups in total. The fourth-order valence-electron chi connectivity index (χ4n) is 2.97. The monoisotopic (exact) mass is 285 g/mol. The van der Waals surface area contributed by atoms with E-state index in [2.05, 4.69) is 5.16 Å². The molecule has 0 aliphatic heterocycles. The topological polar surface area (TPSA) is 72.4 Å². The van der Waals surface area contributed by atoms with Gasteiger partial charge in [-0.25, -0.2) is 0 Å². The van der Waals surface area contributed by atoms with Crippen LogP contribution in [0.1, 0.15) is 45.9 Å². The van der Waals surface area contributed by atoms with E-state index in [1.54, 1.807) is 19.0 Å². The van der Waals surface area contributed by atoms with Crippen LogP contribution >= 0.6 is 0 Å². The van der Waals surface area contributed by atoms with Crippen LogP contribution in [-0.4, -0.2) is 30.1 Å². The number of benzene rings is 1. The van der Waals surface area contributed by atoms with Gasteiger partial charge in [-0.2, -0.15) is 0 Å². The van der Waals surface area contributed by atoms with Crippen LogP contribution < -0.4 is 5.73 Å². The van der Waals surface area contributed by atoms with Gasteiger partial charge in [-0.05, 0) is 37.0 Å². The molecular weight excluding hydrogens is 266 g/mol. The van der Waals surface area contributed by atoms with Gasteiger partial charge in [-0.15, -0.1) is 0 Å². The third-order valence-corrected chi connectivity index (χ3v) is 4.05. The molecule has 1 aliphatic carbocycles. The minimum absolute atomic E-state index is 0.00961. The van der Waals surface area contributed by atoms with Crippen LogP contribution in [0, 0.1) is 0 Å². The van der Waals surface area contributed by atoms with Gasteiger partial charge in [0.05, 0.1) is 5.69 Å². The molecule has 5 heteroatoms. The molecule has 0 bridgehead atoms. The first-order chi connectivity index (χ1) is 10.1. The maximum absolute atomic E-state index is 11.9. The number of rotatable bonds is 2. The molecule has 1 aromatic carbocycles. The zero-order valence-corrected chi connectivity index (χ0v) is 12.3. The Kier molecular flexibility index (Phi) is 3.41. The molecule has 2 aromatic rings.